The van der Waals surface area contributed by atoms with Gasteiger partial charge in [0.1, 0.15) is 12.4 Å². The number of hydrogen-bond acceptors (Lipinski definition) is 3. The molecule has 0 aliphatic carbocycles. The number of hydrogen-bond donors (Lipinski definition) is 1. The first kappa shape index (κ1) is 24.9. The minimum Gasteiger partial charge on any atom is -0.329 e. The van der Waals surface area contributed by atoms with Gasteiger partial charge in [-0.2, -0.15) is 5.10 Å². The maximum atomic E-state index is 13.3. The molecule has 0 unspecified atom stereocenters. The lowest BCUT2D eigenvalue weighted by Gasteiger charge is -2.23. The van der Waals surface area contributed by atoms with Crippen molar-refractivity contribution in [2.75, 3.05) is 11.9 Å². The maximum absolute atomic E-state index is 13.3. The fourth-order valence-electron chi connectivity index (χ4n) is 3.88. The summed E-state index contributed by atoms with van der Waals surface area (Å²) in [5.74, 6) is 0.198. The Balaban J connectivity index is 1.56. The van der Waals surface area contributed by atoms with E-state index in [9.17, 15) is 9.59 Å². The predicted molar refractivity (Wildman–Crippen MR) is 143 cm³/mol. The van der Waals surface area contributed by atoms with Crippen molar-refractivity contribution in [3.63, 3.8) is 0 Å². The summed E-state index contributed by atoms with van der Waals surface area (Å²) in [7, 11) is 0. The summed E-state index contributed by atoms with van der Waals surface area (Å²) in [6, 6.07) is 30.9. The minimum atomic E-state index is -0.273. The number of amides is 2. The lowest BCUT2D eigenvalue weighted by molar-refractivity contribution is -0.134. The number of benzene rings is 3. The van der Waals surface area contributed by atoms with Crippen molar-refractivity contribution in [2.24, 2.45) is 0 Å². The Morgan fingerprint density at radius 2 is 1.39 bits per heavy atom. The predicted octanol–water partition coefficient (Wildman–Crippen LogP) is 5.38. The fraction of sp³-hybridized carbons (Fsp3) is 0.233. The molecule has 1 aromatic heterocycles. The van der Waals surface area contributed by atoms with E-state index in [1.165, 1.54) is 0 Å². The van der Waals surface area contributed by atoms with E-state index in [4.69, 9.17) is 5.10 Å². The van der Waals surface area contributed by atoms with Crippen LogP contribution in [-0.4, -0.2) is 33.0 Å². The molecule has 0 aliphatic rings. The average Bonchev–Trinajstić information content (AvgIpc) is 3.30. The molecule has 4 aromatic rings. The zero-order valence-corrected chi connectivity index (χ0v) is 21.0. The SMILES string of the molecule is CC(C)(C)c1cc(NC(=O)CN(Cc2ccccc2)C(=O)Cc2ccccc2)n(-c2ccccc2)n1. The third-order valence-corrected chi connectivity index (χ3v) is 5.85. The molecule has 0 spiro atoms. The van der Waals surface area contributed by atoms with Crippen LogP contribution in [0.2, 0.25) is 0 Å². The van der Waals surface area contributed by atoms with E-state index in [1.54, 1.807) is 9.58 Å². The molecule has 0 atom stereocenters. The van der Waals surface area contributed by atoms with Crippen molar-refractivity contribution in [3.05, 3.63) is 114 Å². The van der Waals surface area contributed by atoms with E-state index in [0.717, 1.165) is 22.5 Å². The number of nitrogens with zero attached hydrogens (tertiary/aromatic N) is 3. The molecule has 4 rings (SSSR count). The van der Waals surface area contributed by atoms with E-state index in [2.05, 4.69) is 26.1 Å². The normalized spacial score (nSPS) is 11.2. The number of carbonyl (C=O) groups excluding carboxylic acids is 2. The van der Waals surface area contributed by atoms with Gasteiger partial charge in [0.05, 0.1) is 17.8 Å². The third kappa shape index (κ3) is 6.48. The topological polar surface area (TPSA) is 67.2 Å². The third-order valence-electron chi connectivity index (χ3n) is 5.85. The fourth-order valence-corrected chi connectivity index (χ4v) is 3.88. The Kier molecular flexibility index (Phi) is 7.64. The van der Waals surface area contributed by atoms with Crippen LogP contribution in [0.5, 0.6) is 0 Å². The minimum absolute atomic E-state index is 0.0641. The van der Waals surface area contributed by atoms with Gasteiger partial charge in [0.25, 0.3) is 0 Å². The van der Waals surface area contributed by atoms with Crippen LogP contribution in [0.1, 0.15) is 37.6 Å². The maximum Gasteiger partial charge on any atom is 0.245 e. The van der Waals surface area contributed by atoms with Crippen LogP contribution >= 0.6 is 0 Å². The van der Waals surface area contributed by atoms with Gasteiger partial charge in [-0.05, 0) is 23.3 Å². The summed E-state index contributed by atoms with van der Waals surface area (Å²) in [5, 5.41) is 7.77. The molecule has 0 saturated carbocycles. The Morgan fingerprint density at radius 1 is 0.833 bits per heavy atom. The van der Waals surface area contributed by atoms with Crippen LogP contribution in [0.3, 0.4) is 0 Å². The monoisotopic (exact) mass is 480 g/mol. The number of nitrogens with one attached hydrogen (secondary N) is 1. The number of rotatable bonds is 8. The van der Waals surface area contributed by atoms with Crippen LogP contribution in [0.15, 0.2) is 97.1 Å². The molecule has 3 aromatic carbocycles. The van der Waals surface area contributed by atoms with Crippen LogP contribution in [-0.2, 0) is 28.0 Å². The summed E-state index contributed by atoms with van der Waals surface area (Å²) < 4.78 is 1.74. The largest absolute Gasteiger partial charge is 0.329 e. The van der Waals surface area contributed by atoms with Gasteiger partial charge in [0, 0.05) is 18.0 Å². The van der Waals surface area contributed by atoms with Gasteiger partial charge in [-0.1, -0.05) is 99.6 Å². The smallest absolute Gasteiger partial charge is 0.245 e. The lowest BCUT2D eigenvalue weighted by Crippen LogP contribution is -2.38. The van der Waals surface area contributed by atoms with Gasteiger partial charge in [-0.15, -0.1) is 0 Å². The van der Waals surface area contributed by atoms with Gasteiger partial charge in [0.15, 0.2) is 0 Å². The molecule has 0 fully saturated rings. The molecule has 0 radical (unpaired) electrons. The van der Waals surface area contributed by atoms with E-state index >= 15 is 0 Å². The highest BCUT2D eigenvalue weighted by Crippen LogP contribution is 2.26. The first-order valence-electron chi connectivity index (χ1n) is 12.1. The molecule has 184 valence electrons. The standard InChI is InChI=1S/C30H32N4O2/c1-30(2,3)26-20-27(34(32-26)25-17-11-6-12-18-25)31-28(35)22-33(21-24-15-9-5-10-16-24)29(36)19-23-13-7-4-8-14-23/h4-18,20H,19,21-22H2,1-3H3,(H,31,35). The van der Waals surface area contributed by atoms with E-state index < -0.39 is 0 Å². The molecule has 0 aliphatic heterocycles. The Labute approximate surface area is 212 Å². The number of para-hydroxylation sites is 1. The molecule has 2 amide bonds. The first-order valence-corrected chi connectivity index (χ1v) is 12.1. The molecular weight excluding hydrogens is 448 g/mol. The van der Waals surface area contributed by atoms with Crippen LogP contribution in [0, 0.1) is 0 Å². The zero-order chi connectivity index (χ0) is 25.5. The molecule has 1 heterocycles. The molecule has 6 heteroatoms. The van der Waals surface area contributed by atoms with Gasteiger partial charge in [0.2, 0.25) is 11.8 Å². The summed E-state index contributed by atoms with van der Waals surface area (Å²) in [6.07, 6.45) is 0.233. The van der Waals surface area contributed by atoms with Crippen molar-refractivity contribution in [2.45, 2.75) is 39.2 Å². The summed E-state index contributed by atoms with van der Waals surface area (Å²) in [6.45, 7) is 6.54. The highest BCUT2D eigenvalue weighted by Gasteiger charge is 2.23. The second-order valence-electron chi connectivity index (χ2n) is 9.86. The van der Waals surface area contributed by atoms with Gasteiger partial charge < -0.3 is 10.2 Å². The zero-order valence-electron chi connectivity index (χ0n) is 21.0. The first-order chi connectivity index (χ1) is 17.3. The second kappa shape index (κ2) is 11.0. The summed E-state index contributed by atoms with van der Waals surface area (Å²) in [4.78, 5) is 28.1. The van der Waals surface area contributed by atoms with Crippen LogP contribution < -0.4 is 5.32 Å². The van der Waals surface area contributed by atoms with E-state index in [0.29, 0.717) is 12.4 Å². The van der Waals surface area contributed by atoms with Crippen molar-refractivity contribution >= 4 is 17.6 Å². The lowest BCUT2D eigenvalue weighted by atomic mass is 9.92. The molecular formula is C30H32N4O2. The van der Waals surface area contributed by atoms with E-state index in [-0.39, 0.29) is 30.2 Å². The summed E-state index contributed by atoms with van der Waals surface area (Å²) in [5.41, 5.74) is 3.41. The van der Waals surface area contributed by atoms with Crippen molar-refractivity contribution in [1.82, 2.24) is 14.7 Å². The van der Waals surface area contributed by atoms with Crippen molar-refractivity contribution in [3.8, 4) is 5.69 Å². The Morgan fingerprint density at radius 3 is 1.97 bits per heavy atom. The van der Waals surface area contributed by atoms with Crippen LogP contribution in [0.25, 0.3) is 5.69 Å². The Bertz CT molecular complexity index is 1290. The number of aromatic nitrogens is 2. The molecule has 0 saturated heterocycles. The molecule has 1 N–H and O–H groups in total. The van der Waals surface area contributed by atoms with Crippen molar-refractivity contribution < 1.29 is 9.59 Å². The molecule has 0 bridgehead atoms. The molecule has 36 heavy (non-hydrogen) atoms. The average molecular weight is 481 g/mol. The van der Waals surface area contributed by atoms with Gasteiger partial charge in [-0.3, -0.25) is 9.59 Å². The number of anilines is 1. The quantitative estimate of drug-likeness (QED) is 0.368. The second-order valence-corrected chi connectivity index (χ2v) is 9.86. The molecule has 6 nitrogen and oxygen atoms in total. The van der Waals surface area contributed by atoms with E-state index in [1.807, 2.05) is 97.1 Å². The highest BCUT2D eigenvalue weighted by molar-refractivity contribution is 5.94. The summed E-state index contributed by atoms with van der Waals surface area (Å²) >= 11 is 0. The van der Waals surface area contributed by atoms with Crippen LogP contribution in [0.4, 0.5) is 5.82 Å². The van der Waals surface area contributed by atoms with Gasteiger partial charge in [-0.25, -0.2) is 4.68 Å². The van der Waals surface area contributed by atoms with Crippen molar-refractivity contribution in [1.29, 1.82) is 0 Å². The van der Waals surface area contributed by atoms with Gasteiger partial charge >= 0.3 is 0 Å². The Hall–Kier alpha value is -4.19. The number of carbonyl (C=O) groups is 2. The highest BCUT2D eigenvalue weighted by atomic mass is 16.2.